The van der Waals surface area contributed by atoms with Crippen LogP contribution in [0.3, 0.4) is 0 Å². The van der Waals surface area contributed by atoms with E-state index in [9.17, 15) is 18.0 Å². The first-order valence-electron chi connectivity index (χ1n) is 15.5. The maximum Gasteiger partial charge on any atom is 0.471 e. The van der Waals surface area contributed by atoms with Crippen LogP contribution in [0.5, 0.6) is 0 Å². The zero-order valence-electron chi connectivity index (χ0n) is 25.7. The first kappa shape index (κ1) is 28.3. The second-order valence-corrected chi connectivity index (χ2v) is 16.3. The molecule has 0 aromatic carbocycles. The predicted molar refractivity (Wildman–Crippen MR) is 148 cm³/mol. The van der Waals surface area contributed by atoms with Gasteiger partial charge in [-0.15, -0.1) is 0 Å². The van der Waals surface area contributed by atoms with E-state index in [1.54, 1.807) is 0 Å². The van der Waals surface area contributed by atoms with Gasteiger partial charge in [-0.25, -0.2) is 0 Å². The van der Waals surface area contributed by atoms with Crippen molar-refractivity contribution in [2.45, 2.75) is 117 Å². The van der Waals surface area contributed by atoms with Crippen LogP contribution >= 0.6 is 0 Å². The number of carbonyl (C=O) groups excluding carboxylic acids is 1. The fraction of sp³-hybridized carbons (Fsp3) is 0.758. The molecule has 7 rings (SSSR count). The number of ketones is 1. The van der Waals surface area contributed by atoms with Crippen molar-refractivity contribution in [3.63, 3.8) is 0 Å². The minimum absolute atomic E-state index is 0.0457. The van der Waals surface area contributed by atoms with Crippen LogP contribution in [0.15, 0.2) is 26.9 Å². The third-order valence-corrected chi connectivity index (χ3v) is 13.4. The van der Waals surface area contributed by atoms with Crippen LogP contribution in [-0.2, 0) is 28.2 Å². The molecule has 0 spiro atoms. The smallest absolute Gasteiger partial charge is 0.361 e. The molecule has 0 amide bonds. The standard InChI is InChI=1S/C33H42F3N3O3/c1-27(2)10-12-32(25-38-26(42-39-25)33(34,35)36)13-11-31(7)23(19(32)16-27)20(40)14-22-29(5)15-18-17-37-41-24(18)28(3,4)21(29)8-9-30(22,31)6/h14,17,19,21,23H,8-13,15-16H2,1-7H3/t19-,21-,23-,29-,30+,31+,32-/m0/s1. The van der Waals surface area contributed by atoms with Crippen molar-refractivity contribution in [1.29, 1.82) is 0 Å². The molecule has 0 radical (unpaired) electrons. The van der Waals surface area contributed by atoms with E-state index in [4.69, 9.17) is 9.05 Å². The fourth-order valence-corrected chi connectivity index (χ4v) is 11.2. The lowest BCUT2D eigenvalue weighted by molar-refractivity contribution is -0.161. The van der Waals surface area contributed by atoms with Crippen LogP contribution in [0, 0.1) is 39.4 Å². The quantitative estimate of drug-likeness (QED) is 0.337. The molecule has 3 fully saturated rings. The highest BCUT2D eigenvalue weighted by molar-refractivity contribution is 5.95. The van der Waals surface area contributed by atoms with Crippen molar-refractivity contribution in [2.24, 2.45) is 39.4 Å². The van der Waals surface area contributed by atoms with Crippen molar-refractivity contribution in [1.82, 2.24) is 15.3 Å². The monoisotopic (exact) mass is 585 g/mol. The molecule has 228 valence electrons. The number of rotatable bonds is 1. The maximum atomic E-state index is 14.7. The predicted octanol–water partition coefficient (Wildman–Crippen LogP) is 8.02. The van der Waals surface area contributed by atoms with Crippen molar-refractivity contribution in [3.05, 3.63) is 40.9 Å². The maximum absolute atomic E-state index is 14.7. The molecule has 5 aliphatic carbocycles. The number of allylic oxidation sites excluding steroid dienone is 2. The highest BCUT2D eigenvalue weighted by atomic mass is 19.4. The molecule has 3 saturated carbocycles. The van der Waals surface area contributed by atoms with Gasteiger partial charge < -0.3 is 9.05 Å². The summed E-state index contributed by atoms with van der Waals surface area (Å²) >= 11 is 0. The Bertz CT molecular complexity index is 1500. The molecule has 0 unspecified atom stereocenters. The summed E-state index contributed by atoms with van der Waals surface area (Å²) in [5, 5.41) is 8.13. The topological polar surface area (TPSA) is 82.0 Å². The van der Waals surface area contributed by atoms with Gasteiger partial charge in [-0.2, -0.15) is 18.2 Å². The third-order valence-electron chi connectivity index (χ3n) is 13.4. The minimum atomic E-state index is -4.70. The molecular formula is C33H42F3N3O3. The third kappa shape index (κ3) is 3.40. The highest BCUT2D eigenvalue weighted by Crippen LogP contribution is 2.74. The molecule has 0 aliphatic heterocycles. The Labute approximate surface area is 245 Å². The van der Waals surface area contributed by atoms with E-state index in [2.05, 4.69) is 63.8 Å². The largest absolute Gasteiger partial charge is 0.471 e. The SMILES string of the molecule is CC1(C)CC[C@]2(c3noc(C(F)(F)F)n3)CC[C@]3(C)[C@H](C(=O)C=C4[C@@]5(C)Cc6cnoc6C(C)(C)[C@@H]5CC[C@]43C)[C@@H]2C1. The van der Waals surface area contributed by atoms with Gasteiger partial charge in [-0.3, -0.25) is 4.79 Å². The first-order chi connectivity index (χ1) is 19.4. The van der Waals surface area contributed by atoms with Crippen LogP contribution in [0.1, 0.15) is 116 Å². The molecule has 42 heavy (non-hydrogen) atoms. The molecule has 0 saturated heterocycles. The van der Waals surface area contributed by atoms with Gasteiger partial charge in [0.25, 0.3) is 0 Å². The Morgan fingerprint density at radius 2 is 1.67 bits per heavy atom. The second kappa shape index (κ2) is 8.17. The second-order valence-electron chi connectivity index (χ2n) is 16.3. The lowest BCUT2D eigenvalue weighted by Gasteiger charge is -2.69. The Kier molecular flexibility index (Phi) is 5.51. The summed E-state index contributed by atoms with van der Waals surface area (Å²) in [5.74, 6) is -0.275. The van der Waals surface area contributed by atoms with Crippen LogP contribution in [0.4, 0.5) is 13.2 Å². The summed E-state index contributed by atoms with van der Waals surface area (Å²) < 4.78 is 51.3. The fourth-order valence-electron chi connectivity index (χ4n) is 11.2. The Morgan fingerprint density at radius 3 is 2.36 bits per heavy atom. The van der Waals surface area contributed by atoms with Crippen LogP contribution in [0.25, 0.3) is 0 Å². The van der Waals surface area contributed by atoms with E-state index in [1.807, 2.05) is 12.3 Å². The van der Waals surface area contributed by atoms with Crippen molar-refractivity contribution in [3.8, 4) is 0 Å². The van der Waals surface area contributed by atoms with Gasteiger partial charge in [0, 0.05) is 22.3 Å². The van der Waals surface area contributed by atoms with Crippen molar-refractivity contribution >= 4 is 5.78 Å². The van der Waals surface area contributed by atoms with E-state index in [-0.39, 0.29) is 50.5 Å². The number of hydrogen-bond donors (Lipinski definition) is 0. The average Bonchev–Trinajstić information content (AvgIpc) is 3.56. The summed E-state index contributed by atoms with van der Waals surface area (Å²) in [7, 11) is 0. The highest BCUT2D eigenvalue weighted by Gasteiger charge is 2.70. The number of fused-ring (bicyclic) bond motifs is 8. The van der Waals surface area contributed by atoms with E-state index in [1.165, 1.54) is 5.57 Å². The molecular weight excluding hydrogens is 543 g/mol. The summed E-state index contributed by atoms with van der Waals surface area (Å²) in [6.07, 6.45) is 5.48. The summed E-state index contributed by atoms with van der Waals surface area (Å²) in [6.45, 7) is 15.9. The van der Waals surface area contributed by atoms with Crippen molar-refractivity contribution < 1.29 is 27.0 Å². The Morgan fingerprint density at radius 1 is 0.952 bits per heavy atom. The minimum Gasteiger partial charge on any atom is -0.361 e. The lowest BCUT2D eigenvalue weighted by atomic mass is 9.34. The zero-order valence-corrected chi connectivity index (χ0v) is 25.7. The van der Waals surface area contributed by atoms with Gasteiger partial charge in [0.1, 0.15) is 5.76 Å². The summed E-state index contributed by atoms with van der Waals surface area (Å²) in [4.78, 5) is 18.6. The average molecular weight is 586 g/mol. The van der Waals surface area contributed by atoms with Gasteiger partial charge >= 0.3 is 12.1 Å². The number of aromatic nitrogens is 3. The molecule has 7 atom stereocenters. The molecule has 2 aromatic heterocycles. The number of hydrogen-bond acceptors (Lipinski definition) is 6. The lowest BCUT2D eigenvalue weighted by Crippen LogP contribution is -2.66. The number of nitrogens with zero attached hydrogens (tertiary/aromatic N) is 3. The van der Waals surface area contributed by atoms with E-state index in [0.717, 1.165) is 49.8 Å². The number of halogens is 3. The van der Waals surface area contributed by atoms with Gasteiger partial charge in [0.05, 0.1) is 6.20 Å². The molecule has 2 aromatic rings. The molecule has 5 aliphatic rings. The normalized spacial score (nSPS) is 42.0. The number of alkyl halides is 3. The number of carbonyl (C=O) groups is 1. The molecule has 2 heterocycles. The van der Waals surface area contributed by atoms with E-state index >= 15 is 0 Å². The first-order valence-corrected chi connectivity index (χ1v) is 15.5. The molecule has 9 heteroatoms. The van der Waals surface area contributed by atoms with Crippen molar-refractivity contribution in [2.75, 3.05) is 0 Å². The molecule has 0 bridgehead atoms. The van der Waals surface area contributed by atoms with Crippen LogP contribution < -0.4 is 0 Å². The summed E-state index contributed by atoms with van der Waals surface area (Å²) in [6, 6.07) is 0. The molecule has 6 nitrogen and oxygen atoms in total. The Balaban J connectivity index is 1.37. The van der Waals surface area contributed by atoms with E-state index < -0.39 is 17.5 Å². The summed E-state index contributed by atoms with van der Waals surface area (Å²) in [5.41, 5.74) is 0.586. The van der Waals surface area contributed by atoms with Gasteiger partial charge in [0.2, 0.25) is 0 Å². The zero-order chi connectivity index (χ0) is 30.3. The van der Waals surface area contributed by atoms with Crippen LogP contribution in [-0.4, -0.2) is 21.1 Å². The van der Waals surface area contributed by atoms with Crippen LogP contribution in [0.2, 0.25) is 0 Å². The Hall–Kier alpha value is -2.45. The van der Waals surface area contributed by atoms with Gasteiger partial charge in [0.15, 0.2) is 11.6 Å². The van der Waals surface area contributed by atoms with Gasteiger partial charge in [-0.05, 0) is 90.9 Å². The van der Waals surface area contributed by atoms with Gasteiger partial charge in [-0.1, -0.05) is 64.4 Å². The van der Waals surface area contributed by atoms with E-state index in [0.29, 0.717) is 18.8 Å². The molecule has 0 N–H and O–H groups in total.